The summed E-state index contributed by atoms with van der Waals surface area (Å²) < 4.78 is 26.2. The van der Waals surface area contributed by atoms with Crippen LogP contribution in [-0.4, -0.2) is 42.7 Å². The molecule has 8 nitrogen and oxygen atoms in total. The summed E-state index contributed by atoms with van der Waals surface area (Å²) in [6.45, 7) is 1.56. The molecule has 0 aliphatic carbocycles. The Morgan fingerprint density at radius 3 is 2.62 bits per heavy atom. The molecule has 1 aromatic rings. The number of nitrogens with one attached hydrogen (secondary N) is 1. The van der Waals surface area contributed by atoms with Crippen molar-refractivity contribution in [2.24, 2.45) is 0 Å². The number of aromatic nitrogens is 2. The molecule has 0 aliphatic rings. The van der Waals surface area contributed by atoms with Crippen molar-refractivity contribution in [1.82, 2.24) is 15.6 Å². The van der Waals surface area contributed by atoms with Gasteiger partial charge in [-0.05, 0) is 17.2 Å². The first-order chi connectivity index (χ1) is 7.29. The molecule has 0 aromatic carbocycles. The van der Waals surface area contributed by atoms with E-state index in [1.54, 1.807) is 6.92 Å². The summed E-state index contributed by atoms with van der Waals surface area (Å²) >= 11 is 0. The highest BCUT2D eigenvalue weighted by atomic mass is 32.2. The number of amides is 1. The minimum Gasteiger partial charge on any atom is -0.379 e. The van der Waals surface area contributed by atoms with Crippen molar-refractivity contribution in [3.05, 3.63) is 5.69 Å². The third kappa shape index (κ3) is 3.50. The number of carbonyl (C=O) groups is 1. The van der Waals surface area contributed by atoms with Crippen molar-refractivity contribution < 1.29 is 17.8 Å². The fourth-order valence-electron chi connectivity index (χ4n) is 1.14. The van der Waals surface area contributed by atoms with Gasteiger partial charge in [-0.1, -0.05) is 0 Å². The lowest BCUT2D eigenvalue weighted by Crippen LogP contribution is -2.37. The van der Waals surface area contributed by atoms with E-state index in [-0.39, 0.29) is 17.3 Å². The van der Waals surface area contributed by atoms with Crippen LogP contribution in [0.1, 0.15) is 17.4 Å². The van der Waals surface area contributed by atoms with Crippen molar-refractivity contribution in [2.45, 2.75) is 13.0 Å². The molecule has 0 fully saturated rings. The second-order valence-electron chi connectivity index (χ2n) is 3.46. The molecule has 1 rings (SSSR count). The Labute approximate surface area is 92.1 Å². The van der Waals surface area contributed by atoms with E-state index in [1.807, 2.05) is 0 Å². The number of sulfone groups is 1. The summed E-state index contributed by atoms with van der Waals surface area (Å²) in [5, 5.41) is 8.94. The van der Waals surface area contributed by atoms with E-state index in [2.05, 4.69) is 20.3 Å². The smallest absolute Gasteiger partial charge is 0.277 e. The van der Waals surface area contributed by atoms with E-state index in [1.165, 1.54) is 0 Å². The quantitative estimate of drug-likeness (QED) is 0.685. The molecule has 1 amide bonds. The summed E-state index contributed by atoms with van der Waals surface area (Å²) in [6.07, 6.45) is 1.08. The van der Waals surface area contributed by atoms with Gasteiger partial charge in [-0.2, -0.15) is 0 Å². The van der Waals surface area contributed by atoms with Gasteiger partial charge in [0, 0.05) is 12.3 Å². The van der Waals surface area contributed by atoms with Gasteiger partial charge in [-0.25, -0.2) is 13.0 Å². The minimum atomic E-state index is -3.15. The summed E-state index contributed by atoms with van der Waals surface area (Å²) in [6, 6.07) is -0.543. The van der Waals surface area contributed by atoms with Crippen LogP contribution >= 0.6 is 0 Å². The molecule has 1 aromatic heterocycles. The van der Waals surface area contributed by atoms with Crippen LogP contribution in [0.5, 0.6) is 0 Å². The largest absolute Gasteiger partial charge is 0.379 e. The number of anilines is 1. The molecule has 90 valence electrons. The molecule has 1 unspecified atom stereocenters. The number of nitrogens with two attached hydrogens (primary N) is 1. The number of hydrogen-bond donors (Lipinski definition) is 2. The standard InChI is InChI=1S/C7H12N4O4S/c1-4(3-16(2,13)14)9-7(12)5-6(8)11-15-10-5/h4H,3H2,1-2H3,(H2,8,11)(H,9,12). The maximum atomic E-state index is 11.5. The first-order valence-electron chi connectivity index (χ1n) is 4.36. The van der Waals surface area contributed by atoms with Crippen molar-refractivity contribution in [1.29, 1.82) is 0 Å². The summed E-state index contributed by atoms with van der Waals surface area (Å²) in [7, 11) is -3.15. The Balaban J connectivity index is 2.63. The number of carbonyl (C=O) groups excluding carboxylic acids is 1. The third-order valence-electron chi connectivity index (χ3n) is 1.66. The van der Waals surface area contributed by atoms with Gasteiger partial charge in [-0.3, -0.25) is 4.79 Å². The monoisotopic (exact) mass is 248 g/mol. The van der Waals surface area contributed by atoms with Gasteiger partial charge in [0.2, 0.25) is 11.5 Å². The van der Waals surface area contributed by atoms with E-state index in [0.29, 0.717) is 0 Å². The number of nitrogens with zero attached hydrogens (tertiary/aromatic N) is 2. The van der Waals surface area contributed by atoms with E-state index < -0.39 is 21.8 Å². The Morgan fingerprint density at radius 2 is 2.19 bits per heavy atom. The highest BCUT2D eigenvalue weighted by molar-refractivity contribution is 7.90. The Hall–Kier alpha value is -1.64. The second kappa shape index (κ2) is 4.47. The Morgan fingerprint density at radius 1 is 1.56 bits per heavy atom. The Bertz CT molecular complexity index is 480. The maximum absolute atomic E-state index is 11.5. The van der Waals surface area contributed by atoms with Gasteiger partial charge >= 0.3 is 0 Å². The molecule has 16 heavy (non-hydrogen) atoms. The van der Waals surface area contributed by atoms with Crippen molar-refractivity contribution in [3.8, 4) is 0 Å². The zero-order valence-electron chi connectivity index (χ0n) is 8.80. The predicted molar refractivity (Wildman–Crippen MR) is 55.3 cm³/mol. The highest BCUT2D eigenvalue weighted by Gasteiger charge is 2.19. The lowest BCUT2D eigenvalue weighted by molar-refractivity contribution is 0.0934. The highest BCUT2D eigenvalue weighted by Crippen LogP contribution is 2.04. The molecule has 0 aliphatic heterocycles. The fraction of sp³-hybridized carbons (Fsp3) is 0.571. The lowest BCUT2D eigenvalue weighted by atomic mass is 10.3. The molecule has 1 heterocycles. The van der Waals surface area contributed by atoms with Crippen LogP contribution in [0.2, 0.25) is 0 Å². The van der Waals surface area contributed by atoms with E-state index >= 15 is 0 Å². The van der Waals surface area contributed by atoms with Crippen LogP contribution in [0.4, 0.5) is 5.82 Å². The van der Waals surface area contributed by atoms with Gasteiger partial charge in [0.05, 0.1) is 5.75 Å². The average molecular weight is 248 g/mol. The lowest BCUT2D eigenvalue weighted by Gasteiger charge is -2.10. The van der Waals surface area contributed by atoms with Gasteiger partial charge in [0.1, 0.15) is 9.84 Å². The molecule has 0 bridgehead atoms. The molecule has 0 spiro atoms. The molecular formula is C7H12N4O4S. The fourth-order valence-corrected chi connectivity index (χ4v) is 2.13. The predicted octanol–water partition coefficient (Wildman–Crippen LogP) is -1.19. The SMILES string of the molecule is CC(CS(C)(=O)=O)NC(=O)c1nonc1N. The van der Waals surface area contributed by atoms with Crippen LogP contribution in [0.25, 0.3) is 0 Å². The van der Waals surface area contributed by atoms with Crippen molar-refractivity contribution in [2.75, 3.05) is 17.7 Å². The molecular weight excluding hydrogens is 236 g/mol. The molecule has 9 heteroatoms. The average Bonchev–Trinajstić information content (AvgIpc) is 2.47. The van der Waals surface area contributed by atoms with Crippen LogP contribution in [0.15, 0.2) is 4.63 Å². The number of rotatable bonds is 4. The normalized spacial score (nSPS) is 13.4. The van der Waals surface area contributed by atoms with Crippen LogP contribution < -0.4 is 11.1 Å². The van der Waals surface area contributed by atoms with E-state index in [4.69, 9.17) is 5.73 Å². The summed E-state index contributed by atoms with van der Waals surface area (Å²) in [5.74, 6) is -0.914. The molecule has 1 atom stereocenters. The van der Waals surface area contributed by atoms with Crippen LogP contribution in [-0.2, 0) is 9.84 Å². The zero-order valence-corrected chi connectivity index (χ0v) is 9.61. The van der Waals surface area contributed by atoms with Gasteiger partial charge < -0.3 is 11.1 Å². The summed E-state index contributed by atoms with van der Waals surface area (Å²) in [4.78, 5) is 11.5. The van der Waals surface area contributed by atoms with Gasteiger partial charge in [0.25, 0.3) is 5.91 Å². The molecule has 3 N–H and O–H groups in total. The van der Waals surface area contributed by atoms with E-state index in [0.717, 1.165) is 6.26 Å². The van der Waals surface area contributed by atoms with Crippen LogP contribution in [0, 0.1) is 0 Å². The topological polar surface area (TPSA) is 128 Å². The first-order valence-corrected chi connectivity index (χ1v) is 6.42. The molecule has 0 saturated heterocycles. The third-order valence-corrected chi connectivity index (χ3v) is 2.76. The Kier molecular flexibility index (Phi) is 3.48. The van der Waals surface area contributed by atoms with Crippen molar-refractivity contribution >= 4 is 21.6 Å². The second-order valence-corrected chi connectivity index (χ2v) is 5.65. The first kappa shape index (κ1) is 12.4. The number of hydrogen-bond acceptors (Lipinski definition) is 7. The van der Waals surface area contributed by atoms with E-state index in [9.17, 15) is 13.2 Å². The van der Waals surface area contributed by atoms with Gasteiger partial charge in [0.15, 0.2) is 0 Å². The maximum Gasteiger partial charge on any atom is 0.277 e. The zero-order chi connectivity index (χ0) is 12.3. The molecule has 0 saturated carbocycles. The molecule has 0 radical (unpaired) electrons. The minimum absolute atomic E-state index is 0.135. The van der Waals surface area contributed by atoms with Crippen LogP contribution in [0.3, 0.4) is 0 Å². The van der Waals surface area contributed by atoms with Crippen molar-refractivity contribution in [3.63, 3.8) is 0 Å². The number of nitrogen functional groups attached to an aromatic ring is 1. The summed E-state index contributed by atoms with van der Waals surface area (Å²) in [5.41, 5.74) is 5.15. The van der Waals surface area contributed by atoms with Gasteiger partial charge in [-0.15, -0.1) is 0 Å².